The van der Waals surface area contributed by atoms with E-state index in [1.165, 1.54) is 0 Å². The molecule has 7 nitrogen and oxygen atoms in total. The van der Waals surface area contributed by atoms with E-state index in [0.29, 0.717) is 26.0 Å². The van der Waals surface area contributed by atoms with Gasteiger partial charge in [0, 0.05) is 38.9 Å². The SMILES string of the molecule is Cn1cc(C2CC(C(=O)O)CN(C(=O)CC3CCCO3)C2)cn1. The van der Waals surface area contributed by atoms with Crippen molar-refractivity contribution in [3.8, 4) is 0 Å². The second-order valence-electron chi connectivity index (χ2n) is 6.55. The van der Waals surface area contributed by atoms with Crippen molar-refractivity contribution in [3.63, 3.8) is 0 Å². The maximum atomic E-state index is 12.5. The Kier molecular flexibility index (Phi) is 4.66. The van der Waals surface area contributed by atoms with Gasteiger partial charge in [-0.05, 0) is 24.8 Å². The molecular weight excluding hydrogens is 298 g/mol. The lowest BCUT2D eigenvalue weighted by Gasteiger charge is -2.36. The van der Waals surface area contributed by atoms with Crippen LogP contribution in [-0.4, -0.2) is 57.5 Å². The zero-order valence-electron chi connectivity index (χ0n) is 13.4. The number of carbonyl (C=O) groups excluding carboxylic acids is 1. The zero-order valence-corrected chi connectivity index (χ0v) is 13.4. The molecule has 0 aromatic carbocycles. The molecular formula is C16H23N3O4. The van der Waals surface area contributed by atoms with Crippen molar-refractivity contribution in [2.75, 3.05) is 19.7 Å². The normalized spacial score (nSPS) is 28.0. The molecule has 1 aromatic heterocycles. The number of carboxylic acids is 1. The summed E-state index contributed by atoms with van der Waals surface area (Å²) < 4.78 is 7.23. The van der Waals surface area contributed by atoms with E-state index in [-0.39, 0.29) is 24.5 Å². The minimum atomic E-state index is -0.839. The van der Waals surface area contributed by atoms with Crippen LogP contribution in [-0.2, 0) is 21.4 Å². The van der Waals surface area contributed by atoms with Crippen LogP contribution in [0.5, 0.6) is 0 Å². The molecule has 2 fully saturated rings. The van der Waals surface area contributed by atoms with Crippen LogP contribution in [0.3, 0.4) is 0 Å². The van der Waals surface area contributed by atoms with Crippen molar-refractivity contribution in [1.82, 2.24) is 14.7 Å². The largest absolute Gasteiger partial charge is 0.481 e. The first kappa shape index (κ1) is 16.0. The summed E-state index contributed by atoms with van der Waals surface area (Å²) in [7, 11) is 1.83. The molecule has 0 bridgehead atoms. The van der Waals surface area contributed by atoms with Gasteiger partial charge in [0.05, 0.1) is 24.6 Å². The number of aromatic nitrogens is 2. The molecule has 23 heavy (non-hydrogen) atoms. The monoisotopic (exact) mass is 321 g/mol. The summed E-state index contributed by atoms with van der Waals surface area (Å²) in [6.45, 7) is 1.56. The number of carboxylic acid groups (broad SMARTS) is 1. The first-order valence-corrected chi connectivity index (χ1v) is 8.13. The highest BCUT2D eigenvalue weighted by atomic mass is 16.5. The van der Waals surface area contributed by atoms with Crippen molar-refractivity contribution in [3.05, 3.63) is 18.0 Å². The maximum absolute atomic E-state index is 12.5. The lowest BCUT2D eigenvalue weighted by molar-refractivity contribution is -0.146. The van der Waals surface area contributed by atoms with E-state index >= 15 is 0 Å². The number of likely N-dealkylation sites (tertiary alicyclic amines) is 1. The number of hydrogen-bond acceptors (Lipinski definition) is 4. The van der Waals surface area contributed by atoms with Crippen LogP contribution in [0.25, 0.3) is 0 Å². The number of ether oxygens (including phenoxy) is 1. The van der Waals surface area contributed by atoms with Crippen molar-refractivity contribution in [2.45, 2.75) is 37.7 Å². The molecule has 3 unspecified atom stereocenters. The van der Waals surface area contributed by atoms with E-state index < -0.39 is 11.9 Å². The average Bonchev–Trinajstić information content (AvgIpc) is 3.18. The third-order valence-corrected chi connectivity index (χ3v) is 4.78. The van der Waals surface area contributed by atoms with E-state index in [2.05, 4.69) is 5.10 Å². The van der Waals surface area contributed by atoms with Crippen LogP contribution in [0.15, 0.2) is 12.4 Å². The highest BCUT2D eigenvalue weighted by Gasteiger charge is 2.35. The number of nitrogens with zero attached hydrogens (tertiary/aromatic N) is 3. The highest BCUT2D eigenvalue weighted by molar-refractivity contribution is 5.78. The molecule has 0 aliphatic carbocycles. The Bertz CT molecular complexity index is 580. The summed E-state index contributed by atoms with van der Waals surface area (Å²) in [5, 5.41) is 13.6. The van der Waals surface area contributed by atoms with Gasteiger partial charge in [-0.2, -0.15) is 5.10 Å². The predicted octanol–water partition coefficient (Wildman–Crippen LogP) is 1.01. The maximum Gasteiger partial charge on any atom is 0.308 e. The standard InChI is InChI=1S/C16H23N3O4/c1-18-8-13(7-17-18)11-5-12(16(21)22)10-19(9-11)15(20)6-14-3-2-4-23-14/h7-8,11-12,14H,2-6,9-10H2,1H3,(H,21,22). The van der Waals surface area contributed by atoms with Gasteiger partial charge in [0.15, 0.2) is 0 Å². The van der Waals surface area contributed by atoms with E-state index in [0.717, 1.165) is 18.4 Å². The van der Waals surface area contributed by atoms with Gasteiger partial charge in [-0.1, -0.05) is 0 Å². The van der Waals surface area contributed by atoms with Crippen LogP contribution < -0.4 is 0 Å². The Morgan fingerprint density at radius 2 is 2.26 bits per heavy atom. The molecule has 1 amide bonds. The summed E-state index contributed by atoms with van der Waals surface area (Å²) in [5.41, 5.74) is 0.994. The molecule has 2 saturated heterocycles. The fourth-order valence-corrected chi connectivity index (χ4v) is 3.50. The number of aryl methyl sites for hydroxylation is 1. The molecule has 7 heteroatoms. The molecule has 3 heterocycles. The fourth-order valence-electron chi connectivity index (χ4n) is 3.50. The van der Waals surface area contributed by atoms with Gasteiger partial charge in [0.2, 0.25) is 5.91 Å². The van der Waals surface area contributed by atoms with Crippen LogP contribution in [0.2, 0.25) is 0 Å². The van der Waals surface area contributed by atoms with Crippen molar-refractivity contribution in [1.29, 1.82) is 0 Å². The molecule has 2 aliphatic heterocycles. The second-order valence-corrected chi connectivity index (χ2v) is 6.55. The topological polar surface area (TPSA) is 84.7 Å². The van der Waals surface area contributed by atoms with Crippen LogP contribution >= 0.6 is 0 Å². The Hall–Kier alpha value is -1.89. The molecule has 126 valence electrons. The molecule has 2 aliphatic rings. The highest BCUT2D eigenvalue weighted by Crippen LogP contribution is 2.31. The molecule has 0 saturated carbocycles. The molecule has 0 radical (unpaired) electrons. The van der Waals surface area contributed by atoms with Gasteiger partial charge in [-0.3, -0.25) is 14.3 Å². The lowest BCUT2D eigenvalue weighted by Crippen LogP contribution is -2.46. The molecule has 3 atom stereocenters. The zero-order chi connectivity index (χ0) is 16.4. The summed E-state index contributed by atoms with van der Waals surface area (Å²) >= 11 is 0. The quantitative estimate of drug-likeness (QED) is 0.894. The molecule has 1 aromatic rings. The summed E-state index contributed by atoms with van der Waals surface area (Å²) in [4.78, 5) is 25.7. The van der Waals surface area contributed by atoms with Gasteiger partial charge >= 0.3 is 5.97 Å². The first-order valence-electron chi connectivity index (χ1n) is 8.13. The summed E-state index contributed by atoms with van der Waals surface area (Å²) in [6, 6.07) is 0. The van der Waals surface area contributed by atoms with E-state index in [1.54, 1.807) is 15.8 Å². The fraction of sp³-hybridized carbons (Fsp3) is 0.688. The summed E-state index contributed by atoms with van der Waals surface area (Å²) in [6.07, 6.45) is 6.46. The molecule has 1 N–H and O–H groups in total. The Morgan fingerprint density at radius 1 is 1.43 bits per heavy atom. The molecule has 3 rings (SSSR count). The number of hydrogen-bond donors (Lipinski definition) is 1. The van der Waals surface area contributed by atoms with Gasteiger partial charge in [-0.15, -0.1) is 0 Å². The first-order chi connectivity index (χ1) is 11.0. The smallest absolute Gasteiger partial charge is 0.308 e. The molecule has 0 spiro atoms. The van der Waals surface area contributed by atoms with E-state index in [9.17, 15) is 14.7 Å². The third-order valence-electron chi connectivity index (χ3n) is 4.78. The Balaban J connectivity index is 1.70. The van der Waals surface area contributed by atoms with Crippen LogP contribution in [0.1, 0.15) is 37.2 Å². The average molecular weight is 321 g/mol. The lowest BCUT2D eigenvalue weighted by atomic mass is 9.85. The van der Waals surface area contributed by atoms with Crippen molar-refractivity contribution < 1.29 is 19.4 Å². The minimum absolute atomic E-state index is 0.00302. The number of carbonyl (C=O) groups is 2. The number of piperidine rings is 1. The number of aliphatic carboxylic acids is 1. The van der Waals surface area contributed by atoms with Gasteiger partial charge in [0.1, 0.15) is 0 Å². The van der Waals surface area contributed by atoms with Gasteiger partial charge < -0.3 is 14.7 Å². The predicted molar refractivity (Wildman–Crippen MR) is 81.9 cm³/mol. The Labute approximate surface area is 135 Å². The van der Waals surface area contributed by atoms with E-state index in [1.807, 2.05) is 13.2 Å². The van der Waals surface area contributed by atoms with Gasteiger partial charge in [0.25, 0.3) is 0 Å². The van der Waals surface area contributed by atoms with Crippen LogP contribution in [0.4, 0.5) is 0 Å². The van der Waals surface area contributed by atoms with Crippen molar-refractivity contribution >= 4 is 11.9 Å². The van der Waals surface area contributed by atoms with Gasteiger partial charge in [-0.25, -0.2) is 0 Å². The Morgan fingerprint density at radius 3 is 2.87 bits per heavy atom. The third kappa shape index (κ3) is 3.72. The summed E-state index contributed by atoms with van der Waals surface area (Å²) in [5.74, 6) is -1.35. The number of rotatable bonds is 4. The van der Waals surface area contributed by atoms with Crippen molar-refractivity contribution in [2.24, 2.45) is 13.0 Å². The number of amides is 1. The van der Waals surface area contributed by atoms with Crippen LogP contribution in [0, 0.1) is 5.92 Å². The second kappa shape index (κ2) is 6.70. The van der Waals surface area contributed by atoms with E-state index in [4.69, 9.17) is 4.74 Å². The minimum Gasteiger partial charge on any atom is -0.481 e.